The Bertz CT molecular complexity index is 393. The number of nitrogens with one attached hydrogen (secondary N) is 1. The van der Waals surface area contributed by atoms with E-state index >= 15 is 0 Å². The standard InChI is InChI=1S/C15H22BrNO2/c1-18-7-3-8-19-9-6-15(11-17-12-15)13-4-2-5-14(16)10-13/h2,4-5,10,17H,3,6-9,11-12H2,1H3. The molecular weight excluding hydrogens is 306 g/mol. The maximum absolute atomic E-state index is 5.70. The van der Waals surface area contributed by atoms with Crippen LogP contribution in [0.1, 0.15) is 18.4 Å². The highest BCUT2D eigenvalue weighted by Crippen LogP contribution is 2.33. The molecule has 1 saturated heterocycles. The highest BCUT2D eigenvalue weighted by atomic mass is 79.9. The van der Waals surface area contributed by atoms with Gasteiger partial charge < -0.3 is 14.8 Å². The van der Waals surface area contributed by atoms with Gasteiger partial charge in [-0.25, -0.2) is 0 Å². The van der Waals surface area contributed by atoms with Gasteiger partial charge in [-0.1, -0.05) is 28.1 Å². The molecular formula is C15H22BrNO2. The predicted octanol–water partition coefficient (Wildman–Crippen LogP) is 2.73. The van der Waals surface area contributed by atoms with Crippen LogP contribution in [0.5, 0.6) is 0 Å². The van der Waals surface area contributed by atoms with Crippen LogP contribution in [0.15, 0.2) is 28.7 Å². The molecule has 0 unspecified atom stereocenters. The lowest BCUT2D eigenvalue weighted by Gasteiger charge is -2.43. The van der Waals surface area contributed by atoms with Crippen molar-refractivity contribution in [1.29, 1.82) is 0 Å². The minimum Gasteiger partial charge on any atom is -0.385 e. The number of rotatable bonds is 8. The molecule has 0 radical (unpaired) electrons. The van der Waals surface area contributed by atoms with E-state index in [-0.39, 0.29) is 5.41 Å². The molecule has 1 heterocycles. The van der Waals surface area contributed by atoms with E-state index in [9.17, 15) is 0 Å². The van der Waals surface area contributed by atoms with E-state index in [2.05, 4.69) is 45.5 Å². The average molecular weight is 328 g/mol. The summed E-state index contributed by atoms with van der Waals surface area (Å²) in [6.07, 6.45) is 2.04. The minimum atomic E-state index is 0.255. The number of benzene rings is 1. The summed E-state index contributed by atoms with van der Waals surface area (Å²) in [6, 6.07) is 8.63. The number of methoxy groups -OCH3 is 1. The van der Waals surface area contributed by atoms with Crippen LogP contribution in [-0.4, -0.2) is 40.0 Å². The maximum Gasteiger partial charge on any atom is 0.0487 e. The van der Waals surface area contributed by atoms with E-state index in [0.29, 0.717) is 0 Å². The fraction of sp³-hybridized carbons (Fsp3) is 0.600. The molecule has 0 aromatic heterocycles. The molecule has 0 amide bonds. The van der Waals surface area contributed by atoms with E-state index in [4.69, 9.17) is 9.47 Å². The molecule has 1 aromatic carbocycles. The second-order valence-corrected chi connectivity index (χ2v) is 6.02. The van der Waals surface area contributed by atoms with Crippen molar-refractivity contribution in [2.45, 2.75) is 18.3 Å². The third-order valence-corrected chi connectivity index (χ3v) is 4.22. The molecule has 1 N–H and O–H groups in total. The summed E-state index contributed by atoms with van der Waals surface area (Å²) in [6.45, 7) is 4.47. The first kappa shape index (κ1) is 15.0. The molecule has 106 valence electrons. The molecule has 0 bridgehead atoms. The largest absolute Gasteiger partial charge is 0.385 e. The van der Waals surface area contributed by atoms with Gasteiger partial charge in [-0.05, 0) is 30.5 Å². The van der Waals surface area contributed by atoms with Gasteiger partial charge in [0.1, 0.15) is 0 Å². The fourth-order valence-electron chi connectivity index (χ4n) is 2.45. The van der Waals surface area contributed by atoms with Crippen LogP contribution in [0, 0.1) is 0 Å². The third-order valence-electron chi connectivity index (χ3n) is 3.73. The van der Waals surface area contributed by atoms with Gasteiger partial charge in [0.05, 0.1) is 0 Å². The Morgan fingerprint density at radius 1 is 1.26 bits per heavy atom. The van der Waals surface area contributed by atoms with Gasteiger partial charge in [-0.3, -0.25) is 0 Å². The lowest BCUT2D eigenvalue weighted by molar-refractivity contribution is 0.0805. The maximum atomic E-state index is 5.70. The summed E-state index contributed by atoms with van der Waals surface area (Å²) in [5, 5.41) is 3.39. The summed E-state index contributed by atoms with van der Waals surface area (Å²) in [7, 11) is 1.72. The molecule has 4 heteroatoms. The predicted molar refractivity (Wildman–Crippen MR) is 80.6 cm³/mol. The smallest absolute Gasteiger partial charge is 0.0487 e. The van der Waals surface area contributed by atoms with Crippen molar-refractivity contribution in [2.24, 2.45) is 0 Å². The Hall–Kier alpha value is -0.420. The van der Waals surface area contributed by atoms with E-state index in [1.165, 1.54) is 5.56 Å². The van der Waals surface area contributed by atoms with Crippen LogP contribution in [0.3, 0.4) is 0 Å². The van der Waals surface area contributed by atoms with E-state index in [1.54, 1.807) is 7.11 Å². The monoisotopic (exact) mass is 327 g/mol. The van der Waals surface area contributed by atoms with E-state index in [1.807, 2.05) is 0 Å². The normalized spacial score (nSPS) is 17.2. The summed E-state index contributed by atoms with van der Waals surface area (Å²) < 4.78 is 11.9. The molecule has 1 aliphatic heterocycles. The van der Waals surface area contributed by atoms with Gasteiger partial charge >= 0.3 is 0 Å². The first-order chi connectivity index (χ1) is 9.27. The zero-order chi connectivity index (χ0) is 13.6. The fourth-order valence-corrected chi connectivity index (χ4v) is 2.84. The van der Waals surface area contributed by atoms with Gasteiger partial charge in [-0.15, -0.1) is 0 Å². The van der Waals surface area contributed by atoms with Crippen molar-refractivity contribution in [3.8, 4) is 0 Å². The Morgan fingerprint density at radius 2 is 2.11 bits per heavy atom. The van der Waals surface area contributed by atoms with Crippen LogP contribution in [0.25, 0.3) is 0 Å². The average Bonchev–Trinajstić information content (AvgIpc) is 2.36. The van der Waals surface area contributed by atoms with Crippen molar-refractivity contribution in [3.05, 3.63) is 34.3 Å². The highest BCUT2D eigenvalue weighted by molar-refractivity contribution is 9.10. The first-order valence-corrected chi connectivity index (χ1v) is 7.60. The Kier molecular flexibility index (Phi) is 5.82. The second kappa shape index (κ2) is 7.39. The van der Waals surface area contributed by atoms with E-state index < -0.39 is 0 Å². The van der Waals surface area contributed by atoms with Gasteiger partial charge in [0.2, 0.25) is 0 Å². The number of hydrogen-bond donors (Lipinski definition) is 1. The van der Waals surface area contributed by atoms with Gasteiger partial charge in [0.15, 0.2) is 0 Å². The Balaban J connectivity index is 1.82. The number of halogens is 1. The lowest BCUT2D eigenvalue weighted by atomic mass is 9.73. The molecule has 0 atom stereocenters. The van der Waals surface area contributed by atoms with Crippen molar-refractivity contribution >= 4 is 15.9 Å². The van der Waals surface area contributed by atoms with Crippen LogP contribution in [0.2, 0.25) is 0 Å². The van der Waals surface area contributed by atoms with Crippen LogP contribution in [0.4, 0.5) is 0 Å². The lowest BCUT2D eigenvalue weighted by Crippen LogP contribution is -2.57. The molecule has 19 heavy (non-hydrogen) atoms. The van der Waals surface area contributed by atoms with Crippen LogP contribution < -0.4 is 5.32 Å². The zero-order valence-electron chi connectivity index (χ0n) is 11.5. The zero-order valence-corrected chi connectivity index (χ0v) is 13.0. The Labute approximate surface area is 123 Å². The molecule has 1 aliphatic rings. The topological polar surface area (TPSA) is 30.5 Å². The Morgan fingerprint density at radius 3 is 2.74 bits per heavy atom. The summed E-state index contributed by atoms with van der Waals surface area (Å²) >= 11 is 3.55. The summed E-state index contributed by atoms with van der Waals surface area (Å²) in [4.78, 5) is 0. The third kappa shape index (κ3) is 4.02. The highest BCUT2D eigenvalue weighted by Gasteiger charge is 2.38. The van der Waals surface area contributed by atoms with Crippen LogP contribution in [-0.2, 0) is 14.9 Å². The van der Waals surface area contributed by atoms with E-state index in [0.717, 1.165) is 50.2 Å². The molecule has 0 aliphatic carbocycles. The molecule has 2 rings (SSSR count). The number of hydrogen-bond acceptors (Lipinski definition) is 3. The molecule has 3 nitrogen and oxygen atoms in total. The SMILES string of the molecule is COCCCOCCC1(c2cccc(Br)c2)CNC1. The first-order valence-electron chi connectivity index (χ1n) is 6.80. The second-order valence-electron chi connectivity index (χ2n) is 5.10. The molecule has 1 aromatic rings. The minimum absolute atomic E-state index is 0.255. The summed E-state index contributed by atoms with van der Waals surface area (Å²) in [5.74, 6) is 0. The van der Waals surface area contributed by atoms with Crippen molar-refractivity contribution < 1.29 is 9.47 Å². The number of ether oxygens (including phenoxy) is 2. The van der Waals surface area contributed by atoms with Crippen molar-refractivity contribution in [3.63, 3.8) is 0 Å². The molecule has 0 spiro atoms. The van der Waals surface area contributed by atoms with Gasteiger partial charge in [-0.2, -0.15) is 0 Å². The van der Waals surface area contributed by atoms with Gasteiger partial charge in [0.25, 0.3) is 0 Å². The molecule has 0 saturated carbocycles. The van der Waals surface area contributed by atoms with Gasteiger partial charge in [0, 0.05) is 49.9 Å². The quantitative estimate of drug-likeness (QED) is 0.745. The van der Waals surface area contributed by atoms with Crippen molar-refractivity contribution in [1.82, 2.24) is 5.32 Å². The van der Waals surface area contributed by atoms with Crippen molar-refractivity contribution in [2.75, 3.05) is 40.0 Å². The molecule has 1 fully saturated rings. The summed E-state index contributed by atoms with van der Waals surface area (Å²) in [5.41, 5.74) is 1.66. The van der Waals surface area contributed by atoms with Crippen LogP contribution >= 0.6 is 15.9 Å².